The maximum atomic E-state index is 14.9. The van der Waals surface area contributed by atoms with Crippen molar-refractivity contribution < 1.29 is 22.7 Å². The molecule has 8 nitrogen and oxygen atoms in total. The molecular weight excluding hydrogens is 681 g/mol. The van der Waals surface area contributed by atoms with Crippen LogP contribution in [0.4, 0.5) is 5.69 Å². The Morgan fingerprint density at radius 2 is 1.51 bits per heavy atom. The Balaban J connectivity index is 1.62. The summed E-state index contributed by atoms with van der Waals surface area (Å²) in [5, 5.41) is 3.85. The molecule has 0 spiro atoms. The fourth-order valence-electron chi connectivity index (χ4n) is 6.18. The zero-order valence-electron chi connectivity index (χ0n) is 27.6. The third kappa shape index (κ3) is 8.95. The van der Waals surface area contributed by atoms with E-state index in [2.05, 4.69) is 5.32 Å². The number of ether oxygens (including phenoxy) is 1. The van der Waals surface area contributed by atoms with E-state index in [-0.39, 0.29) is 41.2 Å². The van der Waals surface area contributed by atoms with Crippen molar-refractivity contribution in [1.29, 1.82) is 0 Å². The van der Waals surface area contributed by atoms with E-state index in [1.165, 1.54) is 24.1 Å². The molecule has 0 aromatic heterocycles. The molecular formula is C38H41Cl2N3O5S. The van der Waals surface area contributed by atoms with Crippen LogP contribution in [0.25, 0.3) is 0 Å². The molecule has 4 aromatic carbocycles. The average molecular weight is 723 g/mol. The monoisotopic (exact) mass is 721 g/mol. The molecule has 258 valence electrons. The largest absolute Gasteiger partial charge is 0.495 e. The number of aryl methyl sites for hydroxylation is 1. The van der Waals surface area contributed by atoms with E-state index < -0.39 is 28.5 Å². The van der Waals surface area contributed by atoms with Gasteiger partial charge in [0.1, 0.15) is 18.3 Å². The summed E-state index contributed by atoms with van der Waals surface area (Å²) in [6, 6.07) is 26.5. The number of methoxy groups -OCH3 is 1. The van der Waals surface area contributed by atoms with Gasteiger partial charge in [0.2, 0.25) is 11.8 Å². The Labute approximate surface area is 299 Å². The summed E-state index contributed by atoms with van der Waals surface area (Å²) in [5.41, 5.74) is 2.25. The van der Waals surface area contributed by atoms with E-state index in [1.807, 2.05) is 37.3 Å². The molecule has 1 atom stereocenters. The summed E-state index contributed by atoms with van der Waals surface area (Å²) in [4.78, 5) is 30.6. The number of amides is 2. The molecule has 1 saturated carbocycles. The normalized spacial score (nSPS) is 14.1. The summed E-state index contributed by atoms with van der Waals surface area (Å²) in [6.07, 6.45) is 5.03. The molecule has 49 heavy (non-hydrogen) atoms. The highest BCUT2D eigenvalue weighted by Gasteiger charge is 2.36. The summed E-state index contributed by atoms with van der Waals surface area (Å²) in [6.45, 7) is 1.08. The van der Waals surface area contributed by atoms with Crippen LogP contribution in [0.1, 0.15) is 48.8 Å². The van der Waals surface area contributed by atoms with Crippen molar-refractivity contribution in [2.75, 3.05) is 18.0 Å². The molecule has 1 unspecified atom stereocenters. The SMILES string of the molecule is COc1ccc(C)cc1N(CC(=O)N(Cc1c(Cl)cccc1Cl)C(Cc1ccccc1)C(=O)NC1CCCCC1)S(=O)(=O)c1ccccc1. The van der Waals surface area contributed by atoms with Gasteiger partial charge in [0.15, 0.2) is 0 Å². The number of benzene rings is 4. The van der Waals surface area contributed by atoms with Gasteiger partial charge >= 0.3 is 0 Å². The lowest BCUT2D eigenvalue weighted by molar-refractivity contribution is -0.140. The van der Waals surface area contributed by atoms with Gasteiger partial charge in [-0.25, -0.2) is 8.42 Å². The second-order valence-electron chi connectivity index (χ2n) is 12.3. The zero-order valence-corrected chi connectivity index (χ0v) is 30.0. The van der Waals surface area contributed by atoms with Crippen molar-refractivity contribution in [2.24, 2.45) is 0 Å². The number of carbonyl (C=O) groups excluding carboxylic acids is 2. The summed E-state index contributed by atoms with van der Waals surface area (Å²) >= 11 is 13.3. The standard InChI is InChI=1S/C38H41Cl2N3O5S/c1-27-21-22-36(48-2)34(23-27)43(49(46,47)30-17-10-5-11-18-30)26-37(44)42(25-31-32(39)19-12-20-33(31)40)35(24-28-13-6-3-7-14-28)38(45)41-29-15-8-4-9-16-29/h3,5-7,10-14,17-23,29,35H,4,8-9,15-16,24-26H2,1-2H3,(H,41,45). The van der Waals surface area contributed by atoms with Crippen LogP contribution in [-0.2, 0) is 32.6 Å². The number of nitrogens with zero attached hydrogens (tertiary/aromatic N) is 2. The number of hydrogen-bond acceptors (Lipinski definition) is 5. The van der Waals surface area contributed by atoms with Crippen LogP contribution < -0.4 is 14.4 Å². The minimum Gasteiger partial charge on any atom is -0.495 e. The molecule has 0 radical (unpaired) electrons. The highest BCUT2D eigenvalue weighted by atomic mass is 35.5. The first kappa shape index (κ1) is 36.2. The number of nitrogens with one attached hydrogen (secondary N) is 1. The lowest BCUT2D eigenvalue weighted by atomic mass is 9.94. The summed E-state index contributed by atoms with van der Waals surface area (Å²) in [7, 11) is -2.85. The maximum Gasteiger partial charge on any atom is 0.264 e. The van der Waals surface area contributed by atoms with Crippen LogP contribution in [0.3, 0.4) is 0 Å². The molecule has 11 heteroatoms. The number of sulfonamides is 1. The first-order chi connectivity index (χ1) is 23.6. The van der Waals surface area contributed by atoms with Gasteiger partial charge in [0.25, 0.3) is 10.0 Å². The van der Waals surface area contributed by atoms with E-state index in [4.69, 9.17) is 27.9 Å². The summed E-state index contributed by atoms with van der Waals surface area (Å²) in [5.74, 6) is -0.661. The Kier molecular flexibility index (Phi) is 12.3. The first-order valence-electron chi connectivity index (χ1n) is 16.4. The van der Waals surface area contributed by atoms with Crippen molar-refractivity contribution >= 4 is 50.7 Å². The number of anilines is 1. The Morgan fingerprint density at radius 1 is 0.878 bits per heavy atom. The van der Waals surface area contributed by atoms with Gasteiger partial charge in [0, 0.05) is 34.6 Å². The third-order valence-electron chi connectivity index (χ3n) is 8.83. The van der Waals surface area contributed by atoms with Crippen molar-refractivity contribution in [1.82, 2.24) is 10.2 Å². The highest BCUT2D eigenvalue weighted by molar-refractivity contribution is 7.92. The average Bonchev–Trinajstić information content (AvgIpc) is 3.11. The predicted octanol–water partition coefficient (Wildman–Crippen LogP) is 7.59. The zero-order chi connectivity index (χ0) is 35.0. The molecule has 0 saturated heterocycles. The molecule has 0 bridgehead atoms. The molecule has 0 heterocycles. The number of rotatable bonds is 13. The number of hydrogen-bond donors (Lipinski definition) is 1. The molecule has 2 amide bonds. The fourth-order valence-corrected chi connectivity index (χ4v) is 8.13. The van der Waals surface area contributed by atoms with Crippen LogP contribution in [0, 0.1) is 6.92 Å². The molecule has 1 fully saturated rings. The quantitative estimate of drug-likeness (QED) is 0.154. The van der Waals surface area contributed by atoms with E-state index in [9.17, 15) is 18.0 Å². The second kappa shape index (κ2) is 16.6. The number of carbonyl (C=O) groups is 2. The molecule has 1 N–H and O–H groups in total. The van der Waals surface area contributed by atoms with Crippen molar-refractivity contribution in [3.8, 4) is 5.75 Å². The van der Waals surface area contributed by atoms with Crippen molar-refractivity contribution in [3.63, 3.8) is 0 Å². The van der Waals surface area contributed by atoms with Gasteiger partial charge in [-0.2, -0.15) is 0 Å². The highest BCUT2D eigenvalue weighted by Crippen LogP contribution is 2.34. The van der Waals surface area contributed by atoms with Gasteiger partial charge < -0.3 is 15.0 Å². The van der Waals surface area contributed by atoms with E-state index in [0.717, 1.165) is 47.5 Å². The van der Waals surface area contributed by atoms with Crippen LogP contribution in [-0.4, -0.2) is 50.9 Å². The van der Waals surface area contributed by atoms with Crippen LogP contribution in [0.15, 0.2) is 102 Å². The van der Waals surface area contributed by atoms with Crippen LogP contribution in [0.2, 0.25) is 10.0 Å². The summed E-state index contributed by atoms with van der Waals surface area (Å²) < 4.78 is 35.4. The minimum atomic E-state index is -4.30. The lowest BCUT2D eigenvalue weighted by Crippen LogP contribution is -2.55. The maximum absolute atomic E-state index is 14.9. The predicted molar refractivity (Wildman–Crippen MR) is 195 cm³/mol. The van der Waals surface area contributed by atoms with Crippen molar-refractivity contribution in [3.05, 3.63) is 124 Å². The first-order valence-corrected chi connectivity index (χ1v) is 18.6. The topological polar surface area (TPSA) is 96.0 Å². The third-order valence-corrected chi connectivity index (χ3v) is 11.3. The Morgan fingerprint density at radius 3 is 2.14 bits per heavy atom. The molecule has 4 aromatic rings. The number of halogens is 2. The smallest absolute Gasteiger partial charge is 0.264 e. The molecule has 5 rings (SSSR count). The van der Waals surface area contributed by atoms with Gasteiger partial charge in [0.05, 0.1) is 17.7 Å². The van der Waals surface area contributed by atoms with Crippen molar-refractivity contribution in [2.45, 2.75) is 69.0 Å². The molecule has 1 aliphatic rings. The molecule has 1 aliphatic carbocycles. The van der Waals surface area contributed by atoms with Gasteiger partial charge in [-0.05, 0) is 67.3 Å². The Hall–Kier alpha value is -4.05. The van der Waals surface area contributed by atoms with E-state index >= 15 is 0 Å². The van der Waals surface area contributed by atoms with E-state index in [0.29, 0.717) is 15.6 Å². The van der Waals surface area contributed by atoms with E-state index in [1.54, 1.807) is 54.6 Å². The van der Waals surface area contributed by atoms with Crippen LogP contribution in [0.5, 0.6) is 5.75 Å². The van der Waals surface area contributed by atoms with Gasteiger partial charge in [-0.15, -0.1) is 0 Å². The van der Waals surface area contributed by atoms with Gasteiger partial charge in [-0.1, -0.05) is 103 Å². The van der Waals surface area contributed by atoms with Gasteiger partial charge in [-0.3, -0.25) is 13.9 Å². The second-order valence-corrected chi connectivity index (χ2v) is 14.9. The lowest BCUT2D eigenvalue weighted by Gasteiger charge is -2.35. The molecule has 0 aliphatic heterocycles. The Bertz CT molecular complexity index is 1830. The fraction of sp³-hybridized carbons (Fsp3) is 0.316. The minimum absolute atomic E-state index is 0.00272. The van der Waals surface area contributed by atoms with Crippen LogP contribution >= 0.6 is 23.2 Å².